The van der Waals surface area contributed by atoms with Gasteiger partial charge in [0.15, 0.2) is 5.13 Å². The van der Waals surface area contributed by atoms with Gasteiger partial charge < -0.3 is 19.1 Å². The lowest BCUT2D eigenvalue weighted by Crippen LogP contribution is -2.48. The number of carbonyl (C=O) groups is 1. The lowest BCUT2D eigenvalue weighted by Gasteiger charge is -2.36. The number of rotatable bonds is 4. The molecular weight excluding hydrogens is 396 g/mol. The summed E-state index contributed by atoms with van der Waals surface area (Å²) in [6, 6.07) is 17.8. The summed E-state index contributed by atoms with van der Waals surface area (Å²) in [6.07, 6.45) is 3.96. The fourth-order valence-electron chi connectivity index (χ4n) is 3.76. The smallest absolute Gasteiger partial charge is 0.254 e. The number of amides is 1. The standard InChI is InChI=1S/C23H22N4O2S/c1-29-19-7-5-18(6-8-19)25-12-14-26(15-13-25)22(28)17-4-9-20-21(16-17)30-23(24-20)27-10-2-3-11-27/h2-11,16H,12-15H2,1H3. The van der Waals surface area contributed by atoms with Crippen LogP contribution in [0.5, 0.6) is 5.75 Å². The number of anilines is 1. The van der Waals surface area contributed by atoms with Crippen LogP contribution >= 0.6 is 11.3 Å². The van der Waals surface area contributed by atoms with Crippen molar-refractivity contribution in [2.75, 3.05) is 38.2 Å². The summed E-state index contributed by atoms with van der Waals surface area (Å²) in [6.45, 7) is 3.05. The Morgan fingerprint density at radius 1 is 1.00 bits per heavy atom. The monoisotopic (exact) mass is 418 g/mol. The first-order chi connectivity index (χ1) is 14.7. The summed E-state index contributed by atoms with van der Waals surface area (Å²) < 4.78 is 8.25. The summed E-state index contributed by atoms with van der Waals surface area (Å²) in [7, 11) is 1.67. The molecule has 1 amide bonds. The average Bonchev–Trinajstić information content (AvgIpc) is 3.48. The Balaban J connectivity index is 1.28. The van der Waals surface area contributed by atoms with E-state index >= 15 is 0 Å². The number of hydrogen-bond acceptors (Lipinski definition) is 5. The molecule has 1 aliphatic heterocycles. The number of carbonyl (C=O) groups excluding carboxylic acids is 1. The zero-order valence-electron chi connectivity index (χ0n) is 16.7. The lowest BCUT2D eigenvalue weighted by atomic mass is 10.1. The molecule has 1 fully saturated rings. The first-order valence-electron chi connectivity index (χ1n) is 9.93. The van der Waals surface area contributed by atoms with E-state index in [1.54, 1.807) is 18.4 Å². The number of nitrogens with zero attached hydrogens (tertiary/aromatic N) is 4. The fourth-order valence-corrected chi connectivity index (χ4v) is 4.73. The maximum absolute atomic E-state index is 13.1. The molecule has 0 bridgehead atoms. The minimum atomic E-state index is 0.0854. The highest BCUT2D eigenvalue weighted by Gasteiger charge is 2.23. The molecule has 152 valence electrons. The average molecular weight is 419 g/mol. The SMILES string of the molecule is COc1ccc(N2CCN(C(=O)c3ccc4nc(-n5cccc5)sc4c3)CC2)cc1. The van der Waals surface area contributed by atoms with Crippen LogP contribution in [0.15, 0.2) is 67.0 Å². The Morgan fingerprint density at radius 3 is 2.43 bits per heavy atom. The third-order valence-corrected chi connectivity index (χ3v) is 6.49. The summed E-state index contributed by atoms with van der Waals surface area (Å²) in [5.41, 5.74) is 2.80. The van der Waals surface area contributed by atoms with Crippen LogP contribution in [0.4, 0.5) is 5.69 Å². The van der Waals surface area contributed by atoms with E-state index in [0.29, 0.717) is 13.1 Å². The number of aromatic nitrogens is 2. The van der Waals surface area contributed by atoms with Crippen LogP contribution in [-0.2, 0) is 0 Å². The van der Waals surface area contributed by atoms with Crippen LogP contribution in [-0.4, -0.2) is 53.6 Å². The summed E-state index contributed by atoms with van der Waals surface area (Å²) in [4.78, 5) is 22.0. The predicted octanol–water partition coefficient (Wildman–Crippen LogP) is 4.06. The van der Waals surface area contributed by atoms with Crippen molar-refractivity contribution in [1.82, 2.24) is 14.5 Å². The molecule has 7 heteroatoms. The maximum atomic E-state index is 13.1. The third-order valence-electron chi connectivity index (χ3n) is 5.45. The number of benzene rings is 2. The highest BCUT2D eigenvalue weighted by Crippen LogP contribution is 2.27. The molecular formula is C23H22N4O2S. The number of methoxy groups -OCH3 is 1. The van der Waals surface area contributed by atoms with Gasteiger partial charge >= 0.3 is 0 Å². The molecule has 5 rings (SSSR count). The lowest BCUT2D eigenvalue weighted by molar-refractivity contribution is 0.0747. The number of thiazole rings is 1. The minimum absolute atomic E-state index is 0.0854. The quantitative estimate of drug-likeness (QED) is 0.502. The molecule has 2 aromatic carbocycles. The number of ether oxygens (including phenoxy) is 1. The third kappa shape index (κ3) is 3.52. The Labute approximate surface area is 178 Å². The largest absolute Gasteiger partial charge is 0.497 e. The number of piperazine rings is 1. The van der Waals surface area contributed by atoms with Gasteiger partial charge in [0.05, 0.1) is 17.3 Å². The van der Waals surface area contributed by atoms with Crippen LogP contribution in [0, 0.1) is 0 Å². The van der Waals surface area contributed by atoms with E-state index in [9.17, 15) is 4.79 Å². The van der Waals surface area contributed by atoms with Gasteiger partial charge in [-0.3, -0.25) is 4.79 Å². The molecule has 0 unspecified atom stereocenters. The summed E-state index contributed by atoms with van der Waals surface area (Å²) in [5, 5.41) is 0.910. The Hall–Kier alpha value is -3.32. The van der Waals surface area contributed by atoms with E-state index in [1.807, 2.05) is 64.3 Å². The van der Waals surface area contributed by atoms with Crippen molar-refractivity contribution in [3.63, 3.8) is 0 Å². The normalized spacial score (nSPS) is 14.3. The van der Waals surface area contributed by atoms with Crippen molar-refractivity contribution >= 4 is 33.1 Å². The Kier molecular flexibility index (Phi) is 4.88. The van der Waals surface area contributed by atoms with E-state index in [4.69, 9.17) is 4.74 Å². The molecule has 0 atom stereocenters. The minimum Gasteiger partial charge on any atom is -0.497 e. The molecule has 3 heterocycles. The molecule has 30 heavy (non-hydrogen) atoms. The highest BCUT2D eigenvalue weighted by atomic mass is 32.1. The zero-order valence-corrected chi connectivity index (χ0v) is 17.5. The van der Waals surface area contributed by atoms with Gasteiger partial charge in [-0.2, -0.15) is 0 Å². The maximum Gasteiger partial charge on any atom is 0.254 e. The van der Waals surface area contributed by atoms with Crippen LogP contribution in [0.25, 0.3) is 15.3 Å². The molecule has 0 saturated carbocycles. The highest BCUT2D eigenvalue weighted by molar-refractivity contribution is 7.20. The second-order valence-electron chi connectivity index (χ2n) is 7.25. The van der Waals surface area contributed by atoms with Crippen molar-refractivity contribution < 1.29 is 9.53 Å². The molecule has 1 saturated heterocycles. The van der Waals surface area contributed by atoms with Crippen LogP contribution < -0.4 is 9.64 Å². The van der Waals surface area contributed by atoms with Crippen LogP contribution in [0.1, 0.15) is 10.4 Å². The van der Waals surface area contributed by atoms with E-state index < -0.39 is 0 Å². The first kappa shape index (κ1) is 18.7. The van der Waals surface area contributed by atoms with E-state index in [2.05, 4.69) is 22.0 Å². The van der Waals surface area contributed by atoms with Crippen molar-refractivity contribution in [2.45, 2.75) is 0 Å². The molecule has 1 aliphatic rings. The van der Waals surface area contributed by atoms with Gasteiger partial charge in [-0.05, 0) is 54.6 Å². The molecule has 0 aliphatic carbocycles. The van der Waals surface area contributed by atoms with Gasteiger partial charge in [0.2, 0.25) is 0 Å². The molecule has 6 nitrogen and oxygen atoms in total. The Morgan fingerprint density at radius 2 is 1.73 bits per heavy atom. The van der Waals surface area contributed by atoms with Gasteiger partial charge in [0, 0.05) is 49.8 Å². The molecule has 2 aromatic heterocycles. The van der Waals surface area contributed by atoms with Crippen molar-refractivity contribution in [1.29, 1.82) is 0 Å². The van der Waals surface area contributed by atoms with Crippen molar-refractivity contribution in [2.24, 2.45) is 0 Å². The molecule has 0 radical (unpaired) electrons. The molecule has 0 N–H and O–H groups in total. The first-order valence-corrected chi connectivity index (χ1v) is 10.7. The van der Waals surface area contributed by atoms with Crippen molar-refractivity contribution in [3.05, 3.63) is 72.6 Å². The topological polar surface area (TPSA) is 50.6 Å². The number of hydrogen-bond donors (Lipinski definition) is 0. The van der Waals surface area contributed by atoms with Gasteiger partial charge in [-0.15, -0.1) is 0 Å². The Bertz CT molecular complexity index is 1160. The number of fused-ring (bicyclic) bond motifs is 1. The van der Waals surface area contributed by atoms with Crippen molar-refractivity contribution in [3.8, 4) is 10.9 Å². The predicted molar refractivity (Wildman–Crippen MR) is 120 cm³/mol. The molecule has 4 aromatic rings. The van der Waals surface area contributed by atoms with Crippen LogP contribution in [0.3, 0.4) is 0 Å². The van der Waals surface area contributed by atoms with Gasteiger partial charge in [0.25, 0.3) is 5.91 Å². The summed E-state index contributed by atoms with van der Waals surface area (Å²) >= 11 is 1.60. The van der Waals surface area contributed by atoms with Crippen LogP contribution in [0.2, 0.25) is 0 Å². The zero-order chi connectivity index (χ0) is 20.5. The second kappa shape index (κ2) is 7.84. The van der Waals surface area contributed by atoms with Gasteiger partial charge in [-0.25, -0.2) is 4.98 Å². The summed E-state index contributed by atoms with van der Waals surface area (Å²) in [5.74, 6) is 0.938. The van der Waals surface area contributed by atoms with E-state index in [0.717, 1.165) is 45.4 Å². The van der Waals surface area contributed by atoms with E-state index in [-0.39, 0.29) is 5.91 Å². The fraction of sp³-hybridized carbons (Fsp3) is 0.217. The molecule has 0 spiro atoms. The van der Waals surface area contributed by atoms with Gasteiger partial charge in [0.1, 0.15) is 5.75 Å². The second-order valence-corrected chi connectivity index (χ2v) is 8.26. The van der Waals surface area contributed by atoms with Gasteiger partial charge in [-0.1, -0.05) is 11.3 Å². The van der Waals surface area contributed by atoms with E-state index in [1.165, 1.54) is 0 Å².